The lowest BCUT2D eigenvalue weighted by Gasteiger charge is -2.26. The normalized spacial score (nSPS) is 15.1. The van der Waals surface area contributed by atoms with Crippen LogP contribution < -0.4 is 10.6 Å². The summed E-state index contributed by atoms with van der Waals surface area (Å²) in [6, 6.07) is 19.1. The lowest BCUT2D eigenvalue weighted by atomic mass is 10.1. The van der Waals surface area contributed by atoms with Gasteiger partial charge in [0.15, 0.2) is 5.96 Å². The number of piperidine rings is 1. The number of aromatic nitrogens is 2. The number of hydrogen-bond donors (Lipinski definition) is 3. The van der Waals surface area contributed by atoms with E-state index in [1.165, 1.54) is 43.5 Å². The number of aromatic amines is 1. The lowest BCUT2D eigenvalue weighted by Crippen LogP contribution is -2.36. The van der Waals surface area contributed by atoms with Crippen molar-refractivity contribution in [2.75, 3.05) is 20.1 Å². The van der Waals surface area contributed by atoms with E-state index in [2.05, 4.69) is 66.9 Å². The van der Waals surface area contributed by atoms with Crippen LogP contribution in [0.4, 0.5) is 0 Å². The average molecular weight is 417 g/mol. The third kappa shape index (κ3) is 6.18. The molecule has 0 bridgehead atoms. The highest BCUT2D eigenvalue weighted by Gasteiger charge is 2.10. The Hall–Kier alpha value is -3.12. The van der Waals surface area contributed by atoms with E-state index in [0.29, 0.717) is 6.54 Å². The minimum absolute atomic E-state index is 0.585. The molecule has 1 saturated heterocycles. The van der Waals surface area contributed by atoms with Crippen molar-refractivity contribution in [1.29, 1.82) is 0 Å². The van der Waals surface area contributed by atoms with Crippen LogP contribution in [-0.2, 0) is 19.6 Å². The fraction of sp³-hybridized carbons (Fsp3) is 0.360. The number of aliphatic imine (C=N–C) groups is 1. The molecule has 6 heteroatoms. The molecule has 0 radical (unpaired) electrons. The van der Waals surface area contributed by atoms with Gasteiger partial charge in [0.1, 0.15) is 5.82 Å². The molecule has 0 saturated carbocycles. The third-order valence-corrected chi connectivity index (χ3v) is 5.70. The van der Waals surface area contributed by atoms with Gasteiger partial charge < -0.3 is 15.6 Å². The SMILES string of the molecule is CN=C(NCc1ccc(CN2CCCCC2)cc1)NCc1ncc(-c2ccccc2)[nH]1. The van der Waals surface area contributed by atoms with E-state index in [1.54, 1.807) is 7.05 Å². The molecule has 1 aliphatic heterocycles. The molecule has 0 atom stereocenters. The van der Waals surface area contributed by atoms with Crippen LogP contribution in [0.3, 0.4) is 0 Å². The van der Waals surface area contributed by atoms with Crippen molar-refractivity contribution in [3.8, 4) is 11.3 Å². The Morgan fingerprint density at radius 1 is 0.935 bits per heavy atom. The van der Waals surface area contributed by atoms with E-state index in [0.717, 1.165) is 36.1 Å². The smallest absolute Gasteiger partial charge is 0.191 e. The van der Waals surface area contributed by atoms with Crippen molar-refractivity contribution in [3.05, 3.63) is 77.7 Å². The summed E-state index contributed by atoms with van der Waals surface area (Å²) in [5.41, 5.74) is 4.78. The quantitative estimate of drug-likeness (QED) is 0.403. The number of rotatable bonds is 7. The lowest BCUT2D eigenvalue weighted by molar-refractivity contribution is 0.221. The highest BCUT2D eigenvalue weighted by molar-refractivity contribution is 5.79. The van der Waals surface area contributed by atoms with Gasteiger partial charge in [-0.3, -0.25) is 9.89 Å². The molecule has 162 valence electrons. The van der Waals surface area contributed by atoms with Gasteiger partial charge in [-0.15, -0.1) is 0 Å². The first-order valence-electron chi connectivity index (χ1n) is 11.1. The number of likely N-dealkylation sites (tertiary alicyclic amines) is 1. The van der Waals surface area contributed by atoms with E-state index in [4.69, 9.17) is 0 Å². The Morgan fingerprint density at radius 2 is 1.65 bits per heavy atom. The molecule has 0 spiro atoms. The number of hydrogen-bond acceptors (Lipinski definition) is 3. The summed E-state index contributed by atoms with van der Waals surface area (Å²) in [7, 11) is 1.79. The van der Waals surface area contributed by atoms with E-state index in [-0.39, 0.29) is 0 Å². The first-order valence-corrected chi connectivity index (χ1v) is 11.1. The maximum absolute atomic E-state index is 4.47. The van der Waals surface area contributed by atoms with Crippen LogP contribution in [0.1, 0.15) is 36.2 Å². The maximum atomic E-state index is 4.47. The molecule has 31 heavy (non-hydrogen) atoms. The number of benzene rings is 2. The molecule has 1 aromatic heterocycles. The Bertz CT molecular complexity index is 955. The Morgan fingerprint density at radius 3 is 2.39 bits per heavy atom. The number of imidazole rings is 1. The molecule has 3 aromatic rings. The number of guanidine groups is 1. The average Bonchev–Trinajstić information content (AvgIpc) is 3.31. The van der Waals surface area contributed by atoms with Gasteiger partial charge in [0.05, 0.1) is 18.4 Å². The molecule has 2 heterocycles. The van der Waals surface area contributed by atoms with Crippen LogP contribution in [0.25, 0.3) is 11.3 Å². The zero-order valence-corrected chi connectivity index (χ0v) is 18.3. The van der Waals surface area contributed by atoms with Gasteiger partial charge in [0, 0.05) is 20.1 Å². The Labute approximate surface area is 184 Å². The van der Waals surface area contributed by atoms with E-state index in [1.807, 2.05) is 24.4 Å². The summed E-state index contributed by atoms with van der Waals surface area (Å²) in [5, 5.41) is 6.71. The van der Waals surface area contributed by atoms with Crippen molar-refractivity contribution in [2.24, 2.45) is 4.99 Å². The van der Waals surface area contributed by atoms with Gasteiger partial charge in [0.2, 0.25) is 0 Å². The summed E-state index contributed by atoms with van der Waals surface area (Å²) < 4.78 is 0. The molecule has 0 aliphatic carbocycles. The topological polar surface area (TPSA) is 68.3 Å². The molecule has 0 amide bonds. The van der Waals surface area contributed by atoms with Crippen LogP contribution in [0.2, 0.25) is 0 Å². The van der Waals surface area contributed by atoms with E-state index < -0.39 is 0 Å². The molecule has 3 N–H and O–H groups in total. The third-order valence-electron chi connectivity index (χ3n) is 5.70. The van der Waals surface area contributed by atoms with Gasteiger partial charge in [-0.1, -0.05) is 61.0 Å². The molecule has 1 aliphatic rings. The molecule has 4 rings (SSSR count). The van der Waals surface area contributed by atoms with E-state index >= 15 is 0 Å². The van der Waals surface area contributed by atoms with Crippen LogP contribution in [0, 0.1) is 0 Å². The fourth-order valence-electron chi connectivity index (χ4n) is 3.93. The predicted molar refractivity (Wildman–Crippen MR) is 127 cm³/mol. The van der Waals surface area contributed by atoms with Crippen LogP contribution in [0.5, 0.6) is 0 Å². The van der Waals surface area contributed by atoms with Crippen LogP contribution in [-0.4, -0.2) is 41.0 Å². The van der Waals surface area contributed by atoms with Gasteiger partial charge in [-0.2, -0.15) is 0 Å². The first kappa shape index (κ1) is 21.1. The van der Waals surface area contributed by atoms with Crippen molar-refractivity contribution < 1.29 is 0 Å². The fourth-order valence-corrected chi connectivity index (χ4v) is 3.93. The van der Waals surface area contributed by atoms with Crippen LogP contribution >= 0.6 is 0 Å². The molecule has 6 nitrogen and oxygen atoms in total. The monoisotopic (exact) mass is 416 g/mol. The van der Waals surface area contributed by atoms with E-state index in [9.17, 15) is 0 Å². The molecule has 1 fully saturated rings. The van der Waals surface area contributed by atoms with Crippen molar-refractivity contribution in [3.63, 3.8) is 0 Å². The minimum atomic E-state index is 0.585. The van der Waals surface area contributed by atoms with Gasteiger partial charge >= 0.3 is 0 Å². The van der Waals surface area contributed by atoms with Crippen molar-refractivity contribution >= 4 is 5.96 Å². The number of nitrogens with one attached hydrogen (secondary N) is 3. The predicted octanol–water partition coefficient (Wildman–Crippen LogP) is 3.93. The largest absolute Gasteiger partial charge is 0.352 e. The molecule has 2 aromatic carbocycles. The molecule has 0 unspecified atom stereocenters. The second-order valence-electron chi connectivity index (χ2n) is 8.04. The van der Waals surface area contributed by atoms with Crippen LogP contribution in [0.15, 0.2) is 65.8 Å². The number of H-pyrrole nitrogens is 1. The van der Waals surface area contributed by atoms with Crippen molar-refractivity contribution in [2.45, 2.75) is 38.9 Å². The summed E-state index contributed by atoms with van der Waals surface area (Å²) in [4.78, 5) is 14.7. The van der Waals surface area contributed by atoms with Gasteiger partial charge in [-0.05, 0) is 42.6 Å². The number of nitrogens with zero attached hydrogens (tertiary/aromatic N) is 3. The summed E-state index contributed by atoms with van der Waals surface area (Å²) in [5.74, 6) is 1.64. The summed E-state index contributed by atoms with van der Waals surface area (Å²) >= 11 is 0. The maximum Gasteiger partial charge on any atom is 0.191 e. The zero-order valence-electron chi connectivity index (χ0n) is 18.3. The van der Waals surface area contributed by atoms with Crippen molar-refractivity contribution in [1.82, 2.24) is 25.5 Å². The van der Waals surface area contributed by atoms with Gasteiger partial charge in [0.25, 0.3) is 0 Å². The highest BCUT2D eigenvalue weighted by atomic mass is 15.2. The second-order valence-corrected chi connectivity index (χ2v) is 8.04. The summed E-state index contributed by atoms with van der Waals surface area (Å²) in [6.45, 7) is 4.84. The highest BCUT2D eigenvalue weighted by Crippen LogP contribution is 2.16. The zero-order chi connectivity index (χ0) is 21.3. The minimum Gasteiger partial charge on any atom is -0.352 e. The molecular formula is C25H32N6. The second kappa shape index (κ2) is 10.8. The molecular weight excluding hydrogens is 384 g/mol. The summed E-state index contributed by atoms with van der Waals surface area (Å²) in [6.07, 6.45) is 5.91. The Kier molecular flexibility index (Phi) is 7.34. The first-order chi connectivity index (χ1) is 15.3. The van der Waals surface area contributed by atoms with Gasteiger partial charge in [-0.25, -0.2) is 4.98 Å². The Balaban J connectivity index is 1.24. The standard InChI is InChI=1S/C25H32N6/c1-26-25(29-18-24-27-17-23(30-24)22-8-4-2-5-9-22)28-16-20-10-12-21(13-11-20)19-31-14-6-3-7-15-31/h2,4-5,8-13,17H,3,6-7,14-16,18-19H2,1H3,(H,27,30)(H2,26,28,29).